The van der Waals surface area contributed by atoms with Crippen LogP contribution in [-0.2, 0) is 21.1 Å². The van der Waals surface area contributed by atoms with Gasteiger partial charge in [0.15, 0.2) is 0 Å². The van der Waals surface area contributed by atoms with E-state index >= 15 is 0 Å². The number of carbonyl (C=O) groups excluding carboxylic acids is 3. The summed E-state index contributed by atoms with van der Waals surface area (Å²) in [7, 11) is 0. The number of amides is 5. The van der Waals surface area contributed by atoms with Gasteiger partial charge < -0.3 is 15.1 Å². The fraction of sp³-hybridized carbons (Fsp3) is 0.625. The van der Waals surface area contributed by atoms with E-state index in [2.05, 4.69) is 10.8 Å². The van der Waals surface area contributed by atoms with Gasteiger partial charge in [0.1, 0.15) is 12.6 Å². The Balaban J connectivity index is 1.22. The number of hydroxylamine groups is 3. The highest BCUT2D eigenvalue weighted by Gasteiger charge is 2.48. The molecule has 1 aromatic carbocycles. The SMILES string of the molecule is CC(C)(C)NC(=O)N1CCC(ONC(=O)[C@@H]2CC[C@@H]3CN2C(=O)N3OCc2ccccc2)CC1. The normalized spacial score (nSPS) is 23.3. The van der Waals surface area contributed by atoms with Crippen LogP contribution in [0.4, 0.5) is 9.59 Å². The predicted octanol–water partition coefficient (Wildman–Crippen LogP) is 2.41. The number of benzene rings is 1. The quantitative estimate of drug-likeness (QED) is 0.618. The molecule has 2 atom stereocenters. The van der Waals surface area contributed by atoms with Crippen LogP contribution in [-0.4, -0.2) is 76.2 Å². The third-order valence-electron chi connectivity index (χ3n) is 6.38. The van der Waals surface area contributed by atoms with Crippen LogP contribution in [0.2, 0.25) is 0 Å². The number of fused-ring (bicyclic) bond motifs is 2. The molecule has 1 aromatic rings. The largest absolute Gasteiger partial charge is 0.345 e. The molecule has 34 heavy (non-hydrogen) atoms. The molecule has 2 bridgehead atoms. The first-order valence-corrected chi connectivity index (χ1v) is 12.0. The number of rotatable bonds is 6. The van der Waals surface area contributed by atoms with Crippen LogP contribution in [0.1, 0.15) is 52.0 Å². The second kappa shape index (κ2) is 10.2. The van der Waals surface area contributed by atoms with Crippen molar-refractivity contribution in [2.45, 2.75) is 76.8 Å². The molecular weight excluding hydrogens is 438 g/mol. The molecule has 5 amide bonds. The Kier molecular flexibility index (Phi) is 7.27. The fourth-order valence-electron chi connectivity index (χ4n) is 4.57. The molecule has 10 heteroatoms. The van der Waals surface area contributed by atoms with Gasteiger partial charge in [-0.25, -0.2) is 15.1 Å². The zero-order valence-corrected chi connectivity index (χ0v) is 20.2. The van der Waals surface area contributed by atoms with Gasteiger partial charge >= 0.3 is 12.1 Å². The smallest absolute Gasteiger partial charge is 0.333 e. The summed E-state index contributed by atoms with van der Waals surface area (Å²) in [5.74, 6) is -0.315. The van der Waals surface area contributed by atoms with Gasteiger partial charge in [-0.15, -0.1) is 0 Å². The van der Waals surface area contributed by atoms with Crippen LogP contribution >= 0.6 is 0 Å². The highest BCUT2D eigenvalue weighted by molar-refractivity contribution is 5.88. The second-order valence-corrected chi connectivity index (χ2v) is 10.2. The van der Waals surface area contributed by atoms with Crippen molar-refractivity contribution < 1.29 is 24.1 Å². The molecule has 3 heterocycles. The number of piperidine rings is 2. The molecule has 0 unspecified atom stereocenters. The molecule has 3 saturated heterocycles. The van der Waals surface area contributed by atoms with E-state index in [9.17, 15) is 14.4 Å². The Labute approximate surface area is 200 Å². The van der Waals surface area contributed by atoms with Crippen molar-refractivity contribution in [3.8, 4) is 0 Å². The van der Waals surface area contributed by atoms with Crippen molar-refractivity contribution in [1.82, 2.24) is 25.7 Å². The van der Waals surface area contributed by atoms with Gasteiger partial charge in [0.2, 0.25) is 0 Å². The monoisotopic (exact) mass is 473 g/mol. The zero-order chi connectivity index (χ0) is 24.3. The third kappa shape index (κ3) is 5.79. The molecule has 4 rings (SSSR count). The Morgan fingerprint density at radius 3 is 2.44 bits per heavy atom. The van der Waals surface area contributed by atoms with E-state index in [-0.39, 0.29) is 35.7 Å². The van der Waals surface area contributed by atoms with Crippen molar-refractivity contribution in [2.75, 3.05) is 19.6 Å². The lowest BCUT2D eigenvalue weighted by Gasteiger charge is -2.34. The van der Waals surface area contributed by atoms with Crippen LogP contribution < -0.4 is 10.8 Å². The summed E-state index contributed by atoms with van der Waals surface area (Å²) in [5.41, 5.74) is 3.27. The maximum atomic E-state index is 12.9. The fourth-order valence-corrected chi connectivity index (χ4v) is 4.57. The summed E-state index contributed by atoms with van der Waals surface area (Å²) in [6.07, 6.45) is 2.35. The van der Waals surface area contributed by atoms with Gasteiger partial charge in [0.25, 0.3) is 5.91 Å². The van der Waals surface area contributed by atoms with Crippen LogP contribution in [0.3, 0.4) is 0 Å². The molecule has 186 valence electrons. The van der Waals surface area contributed by atoms with Gasteiger partial charge in [-0.05, 0) is 52.0 Å². The Morgan fingerprint density at radius 2 is 1.76 bits per heavy atom. The minimum absolute atomic E-state index is 0.0512. The molecule has 0 spiro atoms. The van der Waals surface area contributed by atoms with Crippen molar-refractivity contribution in [3.05, 3.63) is 35.9 Å². The van der Waals surface area contributed by atoms with Crippen LogP contribution in [0, 0.1) is 0 Å². The van der Waals surface area contributed by atoms with Crippen LogP contribution in [0.25, 0.3) is 0 Å². The number of urea groups is 2. The molecule has 0 aliphatic carbocycles. The molecular formula is C24H35N5O5. The first-order valence-electron chi connectivity index (χ1n) is 12.0. The van der Waals surface area contributed by atoms with E-state index in [0.29, 0.717) is 51.9 Å². The van der Waals surface area contributed by atoms with Crippen LogP contribution in [0.5, 0.6) is 0 Å². The number of carbonyl (C=O) groups is 3. The maximum absolute atomic E-state index is 12.9. The molecule has 10 nitrogen and oxygen atoms in total. The average molecular weight is 474 g/mol. The van der Waals surface area contributed by atoms with E-state index in [4.69, 9.17) is 9.68 Å². The summed E-state index contributed by atoms with van der Waals surface area (Å²) < 4.78 is 0. The summed E-state index contributed by atoms with van der Waals surface area (Å²) in [4.78, 5) is 52.8. The standard InChI is InChI=1S/C24H35N5O5/c1-24(2,3)25-22(31)27-13-11-19(12-14-27)34-26-21(30)20-10-9-18-15-28(20)23(32)29(18)33-16-17-7-5-4-6-8-17/h4-8,18-20H,9-16H2,1-3H3,(H,25,31)(H,26,30)/t18-,20+/m1/s1. The minimum atomic E-state index is -0.577. The number of likely N-dealkylation sites (tertiary alicyclic amines) is 1. The van der Waals surface area contributed by atoms with Crippen molar-refractivity contribution in [1.29, 1.82) is 0 Å². The van der Waals surface area contributed by atoms with E-state index in [1.54, 1.807) is 9.80 Å². The second-order valence-electron chi connectivity index (χ2n) is 10.2. The Morgan fingerprint density at radius 1 is 1.06 bits per heavy atom. The topological polar surface area (TPSA) is 103 Å². The van der Waals surface area contributed by atoms with Gasteiger partial charge in [0.05, 0.1) is 12.1 Å². The van der Waals surface area contributed by atoms with Crippen molar-refractivity contribution >= 4 is 18.0 Å². The van der Waals surface area contributed by atoms with Crippen molar-refractivity contribution in [2.24, 2.45) is 0 Å². The Bertz CT molecular complexity index is 881. The molecule has 3 aliphatic rings. The van der Waals surface area contributed by atoms with Gasteiger partial charge in [-0.3, -0.25) is 14.5 Å². The van der Waals surface area contributed by atoms with Crippen molar-refractivity contribution in [3.63, 3.8) is 0 Å². The molecule has 3 fully saturated rings. The summed E-state index contributed by atoms with van der Waals surface area (Å²) in [6.45, 7) is 7.74. The number of nitrogens with zero attached hydrogens (tertiary/aromatic N) is 3. The zero-order valence-electron chi connectivity index (χ0n) is 20.2. The third-order valence-corrected chi connectivity index (χ3v) is 6.38. The highest BCUT2D eigenvalue weighted by atomic mass is 16.7. The summed E-state index contributed by atoms with van der Waals surface area (Å²) >= 11 is 0. The predicted molar refractivity (Wildman–Crippen MR) is 124 cm³/mol. The van der Waals surface area contributed by atoms with Gasteiger partial charge in [-0.2, -0.15) is 5.06 Å². The molecule has 0 saturated carbocycles. The molecule has 3 aliphatic heterocycles. The lowest BCUT2D eigenvalue weighted by Crippen LogP contribution is -2.53. The van der Waals surface area contributed by atoms with Gasteiger partial charge in [0, 0.05) is 25.2 Å². The average Bonchev–Trinajstić information content (AvgIpc) is 3.05. The van der Waals surface area contributed by atoms with E-state index in [0.717, 1.165) is 5.56 Å². The number of hydrogen-bond donors (Lipinski definition) is 2. The highest BCUT2D eigenvalue weighted by Crippen LogP contribution is 2.30. The Hall–Kier alpha value is -2.85. The van der Waals surface area contributed by atoms with E-state index < -0.39 is 6.04 Å². The molecule has 0 radical (unpaired) electrons. The van der Waals surface area contributed by atoms with E-state index in [1.165, 1.54) is 5.06 Å². The first-order chi connectivity index (χ1) is 16.2. The minimum Gasteiger partial charge on any atom is -0.333 e. The van der Waals surface area contributed by atoms with Gasteiger partial charge in [-0.1, -0.05) is 30.3 Å². The number of hydrogen-bond acceptors (Lipinski definition) is 5. The lowest BCUT2D eigenvalue weighted by atomic mass is 10.0. The number of nitrogens with one attached hydrogen (secondary N) is 2. The molecule has 0 aromatic heterocycles. The first kappa shape index (κ1) is 24.3. The lowest BCUT2D eigenvalue weighted by molar-refractivity contribution is -0.146. The summed E-state index contributed by atoms with van der Waals surface area (Å²) in [6, 6.07) is 8.69. The molecule has 2 N–H and O–H groups in total. The summed E-state index contributed by atoms with van der Waals surface area (Å²) in [5, 5.41) is 4.38. The maximum Gasteiger partial charge on any atom is 0.345 e. The van der Waals surface area contributed by atoms with Crippen LogP contribution in [0.15, 0.2) is 30.3 Å². The van der Waals surface area contributed by atoms with E-state index in [1.807, 2.05) is 51.1 Å².